The van der Waals surface area contributed by atoms with Gasteiger partial charge in [0, 0.05) is 17.1 Å². The second-order valence-corrected chi connectivity index (χ2v) is 6.77. The molecule has 0 fully saturated rings. The normalized spacial score (nSPS) is 10.7. The molecule has 1 aromatic carbocycles. The molecule has 2 heterocycles. The molecular weight excluding hydrogens is 350 g/mol. The van der Waals surface area contributed by atoms with Crippen molar-refractivity contribution < 1.29 is 14.3 Å². The number of hydrogen-bond donors (Lipinski definition) is 2. The number of aryl methyl sites for hydroxylation is 1. The molecule has 0 radical (unpaired) electrons. The molecule has 7 heteroatoms. The molecule has 0 saturated carbocycles. The number of carbonyl (C=O) groups is 1. The van der Waals surface area contributed by atoms with Gasteiger partial charge in [-0.3, -0.25) is 4.79 Å². The van der Waals surface area contributed by atoms with Crippen LogP contribution in [0.25, 0.3) is 10.2 Å². The molecule has 0 unspecified atom stereocenters. The maximum absolute atomic E-state index is 12.7. The fourth-order valence-corrected chi connectivity index (χ4v) is 3.69. The summed E-state index contributed by atoms with van der Waals surface area (Å²) in [6, 6.07) is 9.09. The van der Waals surface area contributed by atoms with Crippen LogP contribution >= 0.6 is 11.3 Å². The summed E-state index contributed by atoms with van der Waals surface area (Å²) in [7, 11) is 3.11. The predicted molar refractivity (Wildman–Crippen MR) is 106 cm³/mol. The molecule has 0 spiro atoms. The van der Waals surface area contributed by atoms with Gasteiger partial charge in [-0.2, -0.15) is 0 Å². The van der Waals surface area contributed by atoms with Crippen LogP contribution in [0.2, 0.25) is 0 Å². The lowest BCUT2D eigenvalue weighted by atomic mass is 10.2. The summed E-state index contributed by atoms with van der Waals surface area (Å²) in [5.74, 6) is 0.876. The Hall–Kier alpha value is -2.80. The Morgan fingerprint density at radius 2 is 2.04 bits per heavy atom. The molecule has 26 heavy (non-hydrogen) atoms. The van der Waals surface area contributed by atoms with Gasteiger partial charge in [0.05, 0.1) is 25.6 Å². The zero-order valence-corrected chi connectivity index (χ0v) is 15.8. The van der Waals surface area contributed by atoms with Crippen molar-refractivity contribution in [1.29, 1.82) is 0 Å². The van der Waals surface area contributed by atoms with E-state index in [1.807, 2.05) is 12.1 Å². The average molecular weight is 371 g/mol. The Labute approximate surface area is 155 Å². The summed E-state index contributed by atoms with van der Waals surface area (Å²) in [6.45, 7) is 2.11. The van der Waals surface area contributed by atoms with E-state index >= 15 is 0 Å². The smallest absolute Gasteiger partial charge is 0.268 e. The van der Waals surface area contributed by atoms with Crippen LogP contribution in [0.5, 0.6) is 11.5 Å². The van der Waals surface area contributed by atoms with Gasteiger partial charge in [0.1, 0.15) is 21.2 Å². The minimum atomic E-state index is -0.286. The number of anilines is 2. The second kappa shape index (κ2) is 7.61. The topological polar surface area (TPSA) is 86.5 Å². The molecule has 2 aromatic heterocycles. The van der Waals surface area contributed by atoms with E-state index in [0.717, 1.165) is 28.8 Å². The zero-order valence-electron chi connectivity index (χ0n) is 15.0. The number of methoxy groups -OCH3 is 2. The van der Waals surface area contributed by atoms with E-state index < -0.39 is 0 Å². The molecule has 0 aliphatic heterocycles. The van der Waals surface area contributed by atoms with Gasteiger partial charge in [0.2, 0.25) is 0 Å². The second-order valence-electron chi connectivity index (χ2n) is 5.77. The number of nitrogens with zero attached hydrogens (tertiary/aromatic N) is 1. The number of hydrogen-bond acceptors (Lipinski definition) is 6. The van der Waals surface area contributed by atoms with Crippen LogP contribution in [0.4, 0.5) is 11.4 Å². The first-order valence-electron chi connectivity index (χ1n) is 8.28. The van der Waals surface area contributed by atoms with Crippen molar-refractivity contribution in [3.63, 3.8) is 0 Å². The quantitative estimate of drug-likeness (QED) is 0.681. The number of carbonyl (C=O) groups excluding carboxylic acids is 1. The number of nitrogens with two attached hydrogens (primary N) is 1. The van der Waals surface area contributed by atoms with E-state index in [2.05, 4.69) is 17.2 Å². The lowest BCUT2D eigenvalue weighted by molar-refractivity contribution is 0.103. The summed E-state index contributed by atoms with van der Waals surface area (Å²) in [6.07, 6.45) is 1.92. The highest BCUT2D eigenvalue weighted by atomic mass is 32.1. The molecule has 3 rings (SSSR count). The number of nitrogen functional groups attached to an aromatic ring is 1. The van der Waals surface area contributed by atoms with E-state index in [4.69, 9.17) is 15.2 Å². The Balaban J connectivity index is 1.91. The molecule has 1 amide bonds. The molecule has 0 aliphatic rings. The van der Waals surface area contributed by atoms with Crippen LogP contribution < -0.4 is 20.5 Å². The summed E-state index contributed by atoms with van der Waals surface area (Å²) in [5, 5.41) is 3.66. The molecule has 3 aromatic rings. The van der Waals surface area contributed by atoms with Gasteiger partial charge in [0.15, 0.2) is 0 Å². The highest BCUT2D eigenvalue weighted by molar-refractivity contribution is 7.21. The van der Waals surface area contributed by atoms with E-state index in [1.165, 1.54) is 18.4 Å². The van der Waals surface area contributed by atoms with E-state index in [0.29, 0.717) is 27.8 Å². The highest BCUT2D eigenvalue weighted by Crippen LogP contribution is 2.35. The number of fused-ring (bicyclic) bond motifs is 1. The van der Waals surface area contributed by atoms with Crippen LogP contribution in [0.3, 0.4) is 0 Å². The van der Waals surface area contributed by atoms with Crippen LogP contribution in [0, 0.1) is 0 Å². The van der Waals surface area contributed by atoms with Crippen LogP contribution in [-0.2, 0) is 6.42 Å². The zero-order chi connectivity index (χ0) is 18.7. The van der Waals surface area contributed by atoms with Gasteiger partial charge in [0.25, 0.3) is 5.91 Å². The van der Waals surface area contributed by atoms with Crippen molar-refractivity contribution in [2.24, 2.45) is 0 Å². The Morgan fingerprint density at radius 1 is 1.23 bits per heavy atom. The highest BCUT2D eigenvalue weighted by Gasteiger charge is 2.19. The maximum atomic E-state index is 12.7. The first-order valence-corrected chi connectivity index (χ1v) is 9.10. The number of thiophene rings is 1. The predicted octanol–water partition coefficient (Wildman–Crippen LogP) is 4.10. The first-order chi connectivity index (χ1) is 12.6. The van der Waals surface area contributed by atoms with Gasteiger partial charge in [-0.15, -0.1) is 11.3 Å². The van der Waals surface area contributed by atoms with Crippen molar-refractivity contribution in [2.45, 2.75) is 19.8 Å². The molecule has 3 N–H and O–H groups in total. The Bertz CT molecular complexity index is 953. The third-order valence-corrected chi connectivity index (χ3v) is 5.13. The third-order valence-electron chi connectivity index (χ3n) is 4.02. The number of amides is 1. The molecule has 0 bridgehead atoms. The van der Waals surface area contributed by atoms with Crippen molar-refractivity contribution in [3.05, 3.63) is 40.9 Å². The fraction of sp³-hybridized carbons (Fsp3) is 0.263. The Morgan fingerprint density at radius 3 is 2.73 bits per heavy atom. The van der Waals surface area contributed by atoms with Crippen LogP contribution in [0.1, 0.15) is 28.7 Å². The summed E-state index contributed by atoms with van der Waals surface area (Å²) < 4.78 is 10.5. The monoisotopic (exact) mass is 371 g/mol. The molecule has 136 valence electrons. The number of aromatic nitrogens is 1. The fourth-order valence-electron chi connectivity index (χ4n) is 2.68. The van der Waals surface area contributed by atoms with Gasteiger partial charge >= 0.3 is 0 Å². The number of pyridine rings is 1. The molecule has 0 atom stereocenters. The largest absolute Gasteiger partial charge is 0.497 e. The van der Waals surface area contributed by atoms with E-state index in [-0.39, 0.29) is 5.91 Å². The minimum Gasteiger partial charge on any atom is -0.497 e. The SMILES string of the molecule is CCCc1ccc2c(N)c(C(=O)Nc3ccc(OC)cc3OC)sc2n1. The maximum Gasteiger partial charge on any atom is 0.268 e. The summed E-state index contributed by atoms with van der Waals surface area (Å²) >= 11 is 1.30. The standard InChI is InChI=1S/C19H21N3O3S/c1-4-5-11-6-8-13-16(20)17(26-19(13)21-11)18(23)22-14-9-7-12(24-2)10-15(14)25-3/h6-10H,4-5,20H2,1-3H3,(H,22,23). The minimum absolute atomic E-state index is 0.286. The van der Waals surface area contributed by atoms with Crippen molar-refractivity contribution >= 4 is 38.8 Å². The molecular formula is C19H21N3O3S. The van der Waals surface area contributed by atoms with Gasteiger partial charge in [-0.25, -0.2) is 4.98 Å². The molecule has 0 saturated heterocycles. The number of nitrogens with one attached hydrogen (secondary N) is 1. The number of rotatable bonds is 6. The average Bonchev–Trinajstić information content (AvgIpc) is 2.98. The van der Waals surface area contributed by atoms with Crippen molar-refractivity contribution in [2.75, 3.05) is 25.3 Å². The van der Waals surface area contributed by atoms with Gasteiger partial charge in [-0.1, -0.05) is 13.3 Å². The summed E-state index contributed by atoms with van der Waals surface area (Å²) in [5.41, 5.74) is 8.20. The van der Waals surface area contributed by atoms with Crippen LogP contribution in [0.15, 0.2) is 30.3 Å². The van der Waals surface area contributed by atoms with Gasteiger partial charge < -0.3 is 20.5 Å². The number of ether oxygens (including phenoxy) is 2. The Kier molecular flexibility index (Phi) is 5.27. The first kappa shape index (κ1) is 18.0. The lowest BCUT2D eigenvalue weighted by Crippen LogP contribution is -2.12. The van der Waals surface area contributed by atoms with Crippen molar-refractivity contribution in [1.82, 2.24) is 4.98 Å². The van der Waals surface area contributed by atoms with E-state index in [9.17, 15) is 4.79 Å². The van der Waals surface area contributed by atoms with Crippen LogP contribution in [-0.4, -0.2) is 25.1 Å². The molecule has 0 aliphatic carbocycles. The van der Waals surface area contributed by atoms with Crippen molar-refractivity contribution in [3.8, 4) is 11.5 Å². The number of benzene rings is 1. The van der Waals surface area contributed by atoms with Gasteiger partial charge in [-0.05, 0) is 30.7 Å². The third kappa shape index (κ3) is 3.43. The van der Waals surface area contributed by atoms with E-state index in [1.54, 1.807) is 25.3 Å². The lowest BCUT2D eigenvalue weighted by Gasteiger charge is -2.11. The summed E-state index contributed by atoms with van der Waals surface area (Å²) in [4.78, 5) is 18.6. The molecule has 6 nitrogen and oxygen atoms in total.